The Bertz CT molecular complexity index is 1040. The fourth-order valence-electron chi connectivity index (χ4n) is 3.91. The monoisotopic (exact) mass is 537 g/mol. The molecule has 1 saturated heterocycles. The van der Waals surface area contributed by atoms with Crippen LogP contribution in [0.5, 0.6) is 0 Å². The lowest BCUT2D eigenvalue weighted by molar-refractivity contribution is -0.131. The van der Waals surface area contributed by atoms with Crippen LogP contribution in [0.15, 0.2) is 29.2 Å². The van der Waals surface area contributed by atoms with Crippen molar-refractivity contribution in [2.75, 3.05) is 84.5 Å². The molecule has 0 saturated carbocycles. The number of nitrogens with zero attached hydrogens (tertiary/aromatic N) is 2. The van der Waals surface area contributed by atoms with E-state index in [-0.39, 0.29) is 5.56 Å². The second kappa shape index (κ2) is 17.0. The Morgan fingerprint density at radius 3 is 2.13 bits per heavy atom. The molecule has 2 aromatic rings. The van der Waals surface area contributed by atoms with Crippen LogP contribution in [0.2, 0.25) is 0 Å². The highest BCUT2D eigenvalue weighted by Gasteiger charge is 2.30. The lowest BCUT2D eigenvalue weighted by Crippen LogP contribution is -2.47. The van der Waals surface area contributed by atoms with Gasteiger partial charge >= 0.3 is 0 Å². The number of amides is 1. The molecule has 1 aliphatic heterocycles. The lowest BCUT2D eigenvalue weighted by Gasteiger charge is -2.26. The van der Waals surface area contributed by atoms with Crippen molar-refractivity contribution in [3.63, 3.8) is 0 Å². The van der Waals surface area contributed by atoms with Gasteiger partial charge in [-0.3, -0.25) is 9.59 Å². The maximum Gasteiger partial charge on any atom is 0.277 e. The molecule has 2 heterocycles. The second-order valence-corrected chi connectivity index (χ2v) is 8.56. The minimum atomic E-state index is -0.894. The van der Waals surface area contributed by atoms with E-state index in [0.29, 0.717) is 108 Å². The molecule has 38 heavy (non-hydrogen) atoms. The number of ether oxygens (including phenoxy) is 5. The van der Waals surface area contributed by atoms with E-state index in [1.807, 2.05) is 12.1 Å². The van der Waals surface area contributed by atoms with Crippen molar-refractivity contribution in [1.29, 1.82) is 0 Å². The number of aliphatic hydroxyl groups excluding tert-OH is 1. The van der Waals surface area contributed by atoms with E-state index >= 15 is 0 Å². The average molecular weight is 538 g/mol. The summed E-state index contributed by atoms with van der Waals surface area (Å²) in [4.78, 5) is 25.5. The normalized spacial score (nSPS) is 17.6. The molecule has 13 nitrogen and oxygen atoms in total. The standard InChI is InChI=1S/C25H39N5O8/c26-6-8-34-10-12-36-14-16-38-17-15-37-13-11-35-9-7-27-20-3-1-2-19-18-28-30(25(33)23(19)20)21-4-5-22(31)29-24(21)32/h1-3,18,21-22,27,31H,4-17,26H2,(H,29,32). The zero-order valence-electron chi connectivity index (χ0n) is 21.6. The quantitative estimate of drug-likeness (QED) is 0.172. The number of nitrogens with one attached hydrogen (secondary N) is 2. The average Bonchev–Trinajstić information content (AvgIpc) is 2.91. The predicted octanol–water partition coefficient (Wildman–Crippen LogP) is -0.380. The van der Waals surface area contributed by atoms with Crippen molar-refractivity contribution in [3.05, 3.63) is 34.7 Å². The van der Waals surface area contributed by atoms with Crippen molar-refractivity contribution in [2.45, 2.75) is 25.1 Å². The van der Waals surface area contributed by atoms with Crippen molar-refractivity contribution in [2.24, 2.45) is 5.73 Å². The second-order valence-electron chi connectivity index (χ2n) is 8.56. The summed E-state index contributed by atoms with van der Waals surface area (Å²) >= 11 is 0. The Kier molecular flexibility index (Phi) is 13.4. The van der Waals surface area contributed by atoms with E-state index in [0.717, 1.165) is 0 Å². The minimum absolute atomic E-state index is 0.337. The van der Waals surface area contributed by atoms with Gasteiger partial charge in [-0.2, -0.15) is 5.10 Å². The Morgan fingerprint density at radius 1 is 0.921 bits per heavy atom. The molecule has 0 radical (unpaired) electrons. The van der Waals surface area contributed by atoms with Crippen molar-refractivity contribution >= 4 is 22.4 Å². The number of carbonyl (C=O) groups excluding carboxylic acids is 1. The van der Waals surface area contributed by atoms with Crippen LogP contribution in [0.1, 0.15) is 18.9 Å². The zero-order chi connectivity index (χ0) is 27.0. The Labute approximate surface area is 221 Å². The fraction of sp³-hybridized carbons (Fsp3) is 0.640. The van der Waals surface area contributed by atoms with Crippen LogP contribution in [-0.4, -0.2) is 106 Å². The predicted molar refractivity (Wildman–Crippen MR) is 140 cm³/mol. The molecule has 1 aromatic carbocycles. The van der Waals surface area contributed by atoms with E-state index in [1.165, 1.54) is 4.68 Å². The molecule has 3 rings (SSSR count). The SMILES string of the molecule is NCCOCCOCCOCCOCCOCCNc1cccc2cnn(C3CCC(O)NC3=O)c(=O)c12. The number of aromatic nitrogens is 2. The van der Waals surface area contributed by atoms with E-state index in [9.17, 15) is 14.7 Å². The number of benzene rings is 1. The van der Waals surface area contributed by atoms with Gasteiger partial charge in [-0.15, -0.1) is 0 Å². The van der Waals surface area contributed by atoms with Crippen LogP contribution in [0.25, 0.3) is 10.8 Å². The van der Waals surface area contributed by atoms with E-state index in [4.69, 9.17) is 29.4 Å². The topological polar surface area (TPSA) is 168 Å². The maximum atomic E-state index is 13.2. The highest BCUT2D eigenvalue weighted by Crippen LogP contribution is 2.22. The maximum absolute atomic E-state index is 13.2. The van der Waals surface area contributed by atoms with Crippen LogP contribution in [0.3, 0.4) is 0 Å². The van der Waals surface area contributed by atoms with Crippen molar-refractivity contribution in [3.8, 4) is 0 Å². The summed E-state index contributed by atoms with van der Waals surface area (Å²) in [7, 11) is 0. The summed E-state index contributed by atoms with van der Waals surface area (Å²) in [6, 6.07) is 4.69. The van der Waals surface area contributed by atoms with Crippen LogP contribution < -0.4 is 21.9 Å². The number of carbonyl (C=O) groups is 1. The van der Waals surface area contributed by atoms with Gasteiger partial charge in [0.05, 0.1) is 77.7 Å². The molecule has 0 aliphatic carbocycles. The summed E-state index contributed by atoms with van der Waals surface area (Å²) < 4.78 is 28.3. The molecule has 212 valence electrons. The molecule has 1 amide bonds. The summed E-state index contributed by atoms with van der Waals surface area (Å²) in [5.41, 5.74) is 5.61. The van der Waals surface area contributed by atoms with E-state index in [1.54, 1.807) is 12.3 Å². The Balaban J connectivity index is 1.30. The van der Waals surface area contributed by atoms with E-state index in [2.05, 4.69) is 15.7 Å². The first kappa shape index (κ1) is 29.9. The third kappa shape index (κ3) is 9.58. The number of aliphatic hydroxyl groups is 1. The first-order valence-electron chi connectivity index (χ1n) is 12.9. The number of nitrogens with two attached hydrogens (primary N) is 1. The molecular formula is C25H39N5O8. The van der Waals surface area contributed by atoms with Gasteiger partial charge in [-0.25, -0.2) is 4.68 Å². The molecule has 2 unspecified atom stereocenters. The molecule has 1 aromatic heterocycles. The number of piperidine rings is 1. The van der Waals surface area contributed by atoms with E-state index < -0.39 is 18.2 Å². The summed E-state index contributed by atoms with van der Waals surface area (Å²) in [6.07, 6.45) is 1.38. The van der Waals surface area contributed by atoms with Gasteiger partial charge in [0.1, 0.15) is 12.3 Å². The first-order valence-corrected chi connectivity index (χ1v) is 12.9. The van der Waals surface area contributed by atoms with Gasteiger partial charge < -0.3 is 45.2 Å². The molecular weight excluding hydrogens is 498 g/mol. The largest absolute Gasteiger partial charge is 0.382 e. The van der Waals surface area contributed by atoms with Gasteiger partial charge in [0.25, 0.3) is 5.56 Å². The van der Waals surface area contributed by atoms with Crippen molar-refractivity contribution < 1.29 is 33.6 Å². The number of hydrogen-bond acceptors (Lipinski definition) is 11. The first-order chi connectivity index (χ1) is 18.6. The van der Waals surface area contributed by atoms with Crippen LogP contribution >= 0.6 is 0 Å². The molecule has 2 atom stereocenters. The third-order valence-corrected chi connectivity index (χ3v) is 5.77. The fourth-order valence-corrected chi connectivity index (χ4v) is 3.91. The Hall–Kier alpha value is -2.65. The van der Waals surface area contributed by atoms with Gasteiger partial charge in [0, 0.05) is 24.2 Å². The molecule has 13 heteroatoms. The lowest BCUT2D eigenvalue weighted by atomic mass is 10.1. The van der Waals surface area contributed by atoms with Gasteiger partial charge in [-0.05, 0) is 18.9 Å². The minimum Gasteiger partial charge on any atom is -0.382 e. The van der Waals surface area contributed by atoms with Crippen LogP contribution in [0, 0.1) is 0 Å². The van der Waals surface area contributed by atoms with Crippen LogP contribution in [-0.2, 0) is 28.5 Å². The molecule has 5 N–H and O–H groups in total. The molecule has 1 fully saturated rings. The van der Waals surface area contributed by atoms with Gasteiger partial charge in [-0.1, -0.05) is 12.1 Å². The number of anilines is 1. The summed E-state index contributed by atoms with van der Waals surface area (Å²) in [5.74, 6) is -0.417. The number of fused-ring (bicyclic) bond motifs is 1. The highest BCUT2D eigenvalue weighted by molar-refractivity contribution is 5.93. The molecule has 0 bridgehead atoms. The highest BCUT2D eigenvalue weighted by atomic mass is 16.6. The Morgan fingerprint density at radius 2 is 1.53 bits per heavy atom. The smallest absolute Gasteiger partial charge is 0.277 e. The van der Waals surface area contributed by atoms with Gasteiger partial charge in [0.2, 0.25) is 5.91 Å². The summed E-state index contributed by atoms with van der Waals surface area (Å²) in [6.45, 7) is 5.83. The molecule has 0 spiro atoms. The van der Waals surface area contributed by atoms with Gasteiger partial charge in [0.15, 0.2) is 0 Å². The number of hydrogen-bond donors (Lipinski definition) is 4. The van der Waals surface area contributed by atoms with Crippen LogP contribution in [0.4, 0.5) is 5.69 Å². The third-order valence-electron chi connectivity index (χ3n) is 5.77. The zero-order valence-corrected chi connectivity index (χ0v) is 21.6. The van der Waals surface area contributed by atoms with Crippen molar-refractivity contribution in [1.82, 2.24) is 15.1 Å². The summed E-state index contributed by atoms with van der Waals surface area (Å²) in [5, 5.41) is 20.6. The number of rotatable bonds is 19. The molecule has 1 aliphatic rings.